The molecule has 5 heteroatoms. The summed E-state index contributed by atoms with van der Waals surface area (Å²) in [5.41, 5.74) is 5.24. The molecule has 1 aliphatic rings. The van der Waals surface area contributed by atoms with Crippen molar-refractivity contribution >= 4 is 5.91 Å². The number of ether oxygens (including phenoxy) is 1. The molecule has 0 aromatic heterocycles. The molecule has 0 aliphatic carbocycles. The molecule has 0 aromatic rings. The fourth-order valence-electron chi connectivity index (χ4n) is 1.04. The highest BCUT2D eigenvalue weighted by atomic mass is 16.5. The summed E-state index contributed by atoms with van der Waals surface area (Å²) in [6.07, 6.45) is -0.342. The van der Waals surface area contributed by atoms with Gasteiger partial charge in [0.1, 0.15) is 6.10 Å². The third-order valence-electron chi connectivity index (χ3n) is 1.66. The van der Waals surface area contributed by atoms with Crippen molar-refractivity contribution in [3.8, 4) is 0 Å². The standard InChI is InChI=1S/C7H15N3O2/c8-1-2-10-7(11)6-5-9-3-4-12-6/h6,9H,1-5,8H2,(H,10,11). The van der Waals surface area contributed by atoms with E-state index in [9.17, 15) is 4.79 Å². The molecule has 1 heterocycles. The molecule has 4 N–H and O–H groups in total. The zero-order valence-corrected chi connectivity index (χ0v) is 7.01. The van der Waals surface area contributed by atoms with E-state index in [0.29, 0.717) is 26.2 Å². The molecule has 0 spiro atoms. The van der Waals surface area contributed by atoms with Gasteiger partial charge in [0.25, 0.3) is 5.91 Å². The predicted octanol–water partition coefficient (Wildman–Crippen LogP) is -1.95. The average Bonchev–Trinajstić information content (AvgIpc) is 2.15. The second kappa shape index (κ2) is 5.08. The molecule has 1 rings (SSSR count). The lowest BCUT2D eigenvalue weighted by Gasteiger charge is -2.22. The summed E-state index contributed by atoms with van der Waals surface area (Å²) in [6, 6.07) is 0. The van der Waals surface area contributed by atoms with E-state index in [-0.39, 0.29) is 12.0 Å². The van der Waals surface area contributed by atoms with E-state index in [2.05, 4.69) is 10.6 Å². The average molecular weight is 173 g/mol. The number of nitrogens with one attached hydrogen (secondary N) is 2. The van der Waals surface area contributed by atoms with E-state index < -0.39 is 0 Å². The summed E-state index contributed by atoms with van der Waals surface area (Å²) in [5, 5.41) is 5.75. The molecule has 1 aliphatic heterocycles. The van der Waals surface area contributed by atoms with Crippen LogP contribution in [0.25, 0.3) is 0 Å². The zero-order valence-electron chi connectivity index (χ0n) is 7.01. The molecule has 0 saturated carbocycles. The topological polar surface area (TPSA) is 76.4 Å². The van der Waals surface area contributed by atoms with Crippen molar-refractivity contribution in [3.63, 3.8) is 0 Å². The maximum atomic E-state index is 11.2. The first-order chi connectivity index (χ1) is 5.84. The first-order valence-corrected chi connectivity index (χ1v) is 4.14. The molecule has 1 atom stereocenters. The maximum absolute atomic E-state index is 11.2. The Morgan fingerprint density at radius 3 is 3.17 bits per heavy atom. The zero-order chi connectivity index (χ0) is 8.81. The summed E-state index contributed by atoms with van der Waals surface area (Å²) in [7, 11) is 0. The second-order valence-electron chi connectivity index (χ2n) is 2.64. The van der Waals surface area contributed by atoms with Gasteiger partial charge in [0.15, 0.2) is 0 Å². The van der Waals surface area contributed by atoms with Gasteiger partial charge in [-0.1, -0.05) is 0 Å². The first-order valence-electron chi connectivity index (χ1n) is 4.14. The van der Waals surface area contributed by atoms with Crippen LogP contribution in [-0.4, -0.2) is 44.8 Å². The fourth-order valence-corrected chi connectivity index (χ4v) is 1.04. The van der Waals surface area contributed by atoms with Crippen LogP contribution in [0.2, 0.25) is 0 Å². The van der Waals surface area contributed by atoms with Gasteiger partial charge < -0.3 is 21.1 Å². The largest absolute Gasteiger partial charge is 0.366 e. The number of rotatable bonds is 3. The number of carbonyl (C=O) groups is 1. The molecule has 1 fully saturated rings. The minimum absolute atomic E-state index is 0.0762. The molecule has 1 amide bonds. The Labute approximate surface area is 71.6 Å². The van der Waals surface area contributed by atoms with Gasteiger partial charge in [-0.2, -0.15) is 0 Å². The van der Waals surface area contributed by atoms with Crippen LogP contribution in [0.1, 0.15) is 0 Å². The van der Waals surface area contributed by atoms with Gasteiger partial charge in [-0.05, 0) is 0 Å². The van der Waals surface area contributed by atoms with Gasteiger partial charge in [-0.25, -0.2) is 0 Å². The van der Waals surface area contributed by atoms with E-state index in [4.69, 9.17) is 10.5 Å². The number of carbonyl (C=O) groups excluding carboxylic acids is 1. The van der Waals surface area contributed by atoms with Crippen molar-refractivity contribution in [2.24, 2.45) is 5.73 Å². The van der Waals surface area contributed by atoms with Crippen LogP contribution < -0.4 is 16.4 Å². The highest BCUT2D eigenvalue weighted by Crippen LogP contribution is 1.94. The molecule has 0 bridgehead atoms. The molecule has 1 saturated heterocycles. The fraction of sp³-hybridized carbons (Fsp3) is 0.857. The van der Waals surface area contributed by atoms with Gasteiger partial charge in [0.2, 0.25) is 0 Å². The van der Waals surface area contributed by atoms with Crippen LogP contribution in [0, 0.1) is 0 Å². The number of nitrogens with two attached hydrogens (primary N) is 1. The van der Waals surface area contributed by atoms with Crippen molar-refractivity contribution in [1.29, 1.82) is 0 Å². The van der Waals surface area contributed by atoms with Gasteiger partial charge in [-0.15, -0.1) is 0 Å². The van der Waals surface area contributed by atoms with Crippen LogP contribution in [0.4, 0.5) is 0 Å². The van der Waals surface area contributed by atoms with Gasteiger partial charge >= 0.3 is 0 Å². The maximum Gasteiger partial charge on any atom is 0.250 e. The summed E-state index contributed by atoms with van der Waals surface area (Å²) in [5.74, 6) is -0.0762. The van der Waals surface area contributed by atoms with Gasteiger partial charge in [-0.3, -0.25) is 4.79 Å². The summed E-state index contributed by atoms with van der Waals surface area (Å²) < 4.78 is 5.22. The molecule has 5 nitrogen and oxygen atoms in total. The lowest BCUT2D eigenvalue weighted by molar-refractivity contribution is -0.134. The Balaban J connectivity index is 2.20. The van der Waals surface area contributed by atoms with Crippen LogP contribution in [-0.2, 0) is 9.53 Å². The molecular formula is C7H15N3O2. The van der Waals surface area contributed by atoms with Crippen LogP contribution in [0.3, 0.4) is 0 Å². The monoisotopic (exact) mass is 173 g/mol. The van der Waals surface area contributed by atoms with Crippen molar-refractivity contribution < 1.29 is 9.53 Å². The highest BCUT2D eigenvalue weighted by Gasteiger charge is 2.20. The summed E-state index contributed by atoms with van der Waals surface area (Å²) >= 11 is 0. The third kappa shape index (κ3) is 2.77. The van der Waals surface area contributed by atoms with Crippen LogP contribution in [0.15, 0.2) is 0 Å². The first kappa shape index (κ1) is 9.44. The van der Waals surface area contributed by atoms with Crippen LogP contribution >= 0.6 is 0 Å². The van der Waals surface area contributed by atoms with Gasteiger partial charge in [0.05, 0.1) is 6.61 Å². The second-order valence-corrected chi connectivity index (χ2v) is 2.64. The SMILES string of the molecule is NCCNC(=O)C1CNCCO1. The molecule has 12 heavy (non-hydrogen) atoms. The van der Waals surface area contributed by atoms with Crippen molar-refractivity contribution in [3.05, 3.63) is 0 Å². The van der Waals surface area contributed by atoms with Crippen molar-refractivity contribution in [2.75, 3.05) is 32.8 Å². The van der Waals surface area contributed by atoms with Gasteiger partial charge in [0, 0.05) is 26.2 Å². The van der Waals surface area contributed by atoms with Crippen molar-refractivity contribution in [1.82, 2.24) is 10.6 Å². The number of amides is 1. The molecule has 0 aromatic carbocycles. The molecule has 70 valence electrons. The van der Waals surface area contributed by atoms with E-state index in [1.807, 2.05) is 0 Å². The summed E-state index contributed by atoms with van der Waals surface area (Å²) in [4.78, 5) is 11.2. The minimum atomic E-state index is -0.342. The van der Waals surface area contributed by atoms with Crippen molar-refractivity contribution in [2.45, 2.75) is 6.10 Å². The molecule has 1 unspecified atom stereocenters. The lowest BCUT2D eigenvalue weighted by atomic mass is 10.3. The quantitative estimate of drug-likeness (QED) is 0.463. The van der Waals surface area contributed by atoms with E-state index >= 15 is 0 Å². The Bertz CT molecular complexity index is 146. The lowest BCUT2D eigenvalue weighted by Crippen LogP contribution is -2.48. The minimum Gasteiger partial charge on any atom is -0.366 e. The Kier molecular flexibility index (Phi) is 3.99. The van der Waals surface area contributed by atoms with E-state index in [1.165, 1.54) is 0 Å². The normalized spacial score (nSPS) is 23.6. The Hall–Kier alpha value is -0.650. The highest BCUT2D eigenvalue weighted by molar-refractivity contribution is 5.81. The van der Waals surface area contributed by atoms with E-state index in [1.54, 1.807) is 0 Å². The summed E-state index contributed by atoms with van der Waals surface area (Å²) in [6.45, 7) is 2.99. The number of hydrogen-bond acceptors (Lipinski definition) is 4. The predicted molar refractivity (Wildman–Crippen MR) is 44.7 cm³/mol. The number of hydrogen-bond donors (Lipinski definition) is 3. The third-order valence-corrected chi connectivity index (χ3v) is 1.66. The molecule has 0 radical (unpaired) electrons. The Morgan fingerprint density at radius 2 is 2.58 bits per heavy atom. The molecular weight excluding hydrogens is 158 g/mol. The smallest absolute Gasteiger partial charge is 0.250 e. The number of morpholine rings is 1. The van der Waals surface area contributed by atoms with Crippen LogP contribution in [0.5, 0.6) is 0 Å². The Morgan fingerprint density at radius 1 is 1.75 bits per heavy atom. The van der Waals surface area contributed by atoms with E-state index in [0.717, 1.165) is 6.54 Å².